The molecule has 0 amide bonds. The Bertz CT molecular complexity index is 932. The molecule has 1 aromatic heterocycles. The number of furan rings is 1. The van der Waals surface area contributed by atoms with Gasteiger partial charge >= 0.3 is 0 Å². The van der Waals surface area contributed by atoms with Crippen LogP contribution in [0.2, 0.25) is 0 Å². The van der Waals surface area contributed by atoms with Crippen molar-refractivity contribution in [3.05, 3.63) is 59.9 Å². The zero-order valence-electron chi connectivity index (χ0n) is 15.3. The molecule has 1 aliphatic rings. The molecule has 0 atom stereocenters. The van der Waals surface area contributed by atoms with Gasteiger partial charge in [0.1, 0.15) is 24.7 Å². The Morgan fingerprint density at radius 2 is 1.78 bits per heavy atom. The second-order valence-electron chi connectivity index (χ2n) is 6.50. The van der Waals surface area contributed by atoms with Crippen molar-refractivity contribution in [3.63, 3.8) is 0 Å². The van der Waals surface area contributed by atoms with Gasteiger partial charge in [0.25, 0.3) is 0 Å². The van der Waals surface area contributed by atoms with Gasteiger partial charge in [0.15, 0.2) is 11.5 Å². The van der Waals surface area contributed by atoms with Crippen LogP contribution in [0.1, 0.15) is 11.3 Å². The fourth-order valence-corrected chi connectivity index (χ4v) is 3.33. The molecular weight excluding hydrogens is 342 g/mol. The van der Waals surface area contributed by atoms with Crippen LogP contribution in [0.3, 0.4) is 0 Å². The quantitative estimate of drug-likeness (QED) is 0.651. The summed E-state index contributed by atoms with van der Waals surface area (Å²) in [6.45, 7) is 4.54. The van der Waals surface area contributed by atoms with Crippen molar-refractivity contribution in [3.8, 4) is 33.9 Å². The summed E-state index contributed by atoms with van der Waals surface area (Å²) >= 11 is 0. The van der Waals surface area contributed by atoms with Crippen molar-refractivity contribution in [2.75, 3.05) is 26.4 Å². The van der Waals surface area contributed by atoms with E-state index in [-0.39, 0.29) is 6.61 Å². The zero-order valence-corrected chi connectivity index (χ0v) is 15.3. The van der Waals surface area contributed by atoms with Crippen molar-refractivity contribution in [1.29, 1.82) is 0 Å². The predicted molar refractivity (Wildman–Crippen MR) is 104 cm³/mol. The third-order valence-corrected chi connectivity index (χ3v) is 4.70. The maximum atomic E-state index is 8.87. The summed E-state index contributed by atoms with van der Waals surface area (Å²) in [6, 6.07) is 16.2. The van der Waals surface area contributed by atoms with Crippen LogP contribution in [-0.2, 0) is 6.54 Å². The summed E-state index contributed by atoms with van der Waals surface area (Å²) in [5.74, 6) is 3.28. The van der Waals surface area contributed by atoms with E-state index in [1.165, 1.54) is 0 Å². The number of nitrogens with one attached hydrogen (secondary N) is 1. The van der Waals surface area contributed by atoms with Crippen molar-refractivity contribution < 1.29 is 19.0 Å². The smallest absolute Gasteiger partial charge is 0.161 e. The van der Waals surface area contributed by atoms with Gasteiger partial charge in [-0.2, -0.15) is 0 Å². The summed E-state index contributed by atoms with van der Waals surface area (Å²) in [5.41, 5.74) is 4.45. The Hall–Kier alpha value is -2.76. The van der Waals surface area contributed by atoms with Crippen LogP contribution >= 0.6 is 0 Å². The summed E-state index contributed by atoms with van der Waals surface area (Å²) in [6.07, 6.45) is 0. The van der Waals surface area contributed by atoms with E-state index in [1.54, 1.807) is 0 Å². The minimum Gasteiger partial charge on any atom is -0.486 e. The first kappa shape index (κ1) is 17.6. The summed E-state index contributed by atoms with van der Waals surface area (Å²) in [4.78, 5) is 0. The van der Waals surface area contributed by atoms with Crippen LogP contribution in [0.15, 0.2) is 52.9 Å². The van der Waals surface area contributed by atoms with Crippen molar-refractivity contribution >= 4 is 0 Å². The minimum atomic E-state index is 0.115. The molecule has 2 N–H and O–H groups in total. The van der Waals surface area contributed by atoms with E-state index in [4.69, 9.17) is 19.0 Å². The molecule has 4 rings (SSSR count). The van der Waals surface area contributed by atoms with Crippen molar-refractivity contribution in [1.82, 2.24) is 5.32 Å². The summed E-state index contributed by atoms with van der Waals surface area (Å²) < 4.78 is 17.3. The molecular formula is C22H23NO4. The normalized spacial score (nSPS) is 13.0. The fraction of sp³-hybridized carbons (Fsp3) is 0.273. The van der Waals surface area contributed by atoms with Gasteiger partial charge in [-0.05, 0) is 47.9 Å². The Morgan fingerprint density at radius 1 is 0.963 bits per heavy atom. The Kier molecular flexibility index (Phi) is 5.14. The minimum absolute atomic E-state index is 0.115. The Morgan fingerprint density at radius 3 is 2.63 bits per heavy atom. The first-order chi connectivity index (χ1) is 13.3. The molecule has 5 heteroatoms. The van der Waals surface area contributed by atoms with E-state index >= 15 is 0 Å². The van der Waals surface area contributed by atoms with Crippen LogP contribution in [0, 0.1) is 6.92 Å². The molecule has 0 aliphatic carbocycles. The Balaban J connectivity index is 1.63. The average Bonchev–Trinajstić information content (AvgIpc) is 3.17. The lowest BCUT2D eigenvalue weighted by molar-refractivity contribution is 0.171. The molecule has 0 bridgehead atoms. The van der Waals surface area contributed by atoms with E-state index in [0.29, 0.717) is 26.3 Å². The second-order valence-corrected chi connectivity index (χ2v) is 6.50. The summed E-state index contributed by atoms with van der Waals surface area (Å²) in [5, 5.41) is 12.0. The number of aliphatic hydroxyl groups excluding tert-OH is 1. The number of ether oxygens (including phenoxy) is 2. The third kappa shape index (κ3) is 3.70. The fourth-order valence-electron chi connectivity index (χ4n) is 3.33. The molecule has 2 heterocycles. The maximum absolute atomic E-state index is 8.87. The van der Waals surface area contributed by atoms with Crippen molar-refractivity contribution in [2.45, 2.75) is 13.5 Å². The van der Waals surface area contributed by atoms with E-state index in [2.05, 4.69) is 30.4 Å². The van der Waals surface area contributed by atoms with Crippen molar-refractivity contribution in [2.24, 2.45) is 0 Å². The largest absolute Gasteiger partial charge is 0.486 e. The first-order valence-electron chi connectivity index (χ1n) is 9.16. The second kappa shape index (κ2) is 7.86. The van der Waals surface area contributed by atoms with Crippen LogP contribution in [0.4, 0.5) is 0 Å². The standard InChI is InChI=1S/C22H23NO4/c1-15-18(16-5-7-21-22(13-16)26-12-11-25-21)3-2-4-19(15)20-8-6-17(27-20)14-23-9-10-24/h2-8,13,23-24H,9-12,14H2,1H3. The number of hydrogen-bond acceptors (Lipinski definition) is 5. The zero-order chi connectivity index (χ0) is 18.6. The average molecular weight is 365 g/mol. The van der Waals surface area contributed by atoms with Gasteiger partial charge in [-0.3, -0.25) is 0 Å². The van der Waals surface area contributed by atoms with Gasteiger partial charge in [-0.1, -0.05) is 24.3 Å². The predicted octanol–water partition coefficient (Wildman–Crippen LogP) is 3.78. The first-order valence-corrected chi connectivity index (χ1v) is 9.16. The lowest BCUT2D eigenvalue weighted by Crippen LogP contribution is -2.16. The van der Waals surface area contributed by atoms with Gasteiger partial charge in [-0.15, -0.1) is 0 Å². The molecule has 5 nitrogen and oxygen atoms in total. The molecule has 3 aromatic rings. The molecule has 0 saturated heterocycles. The highest BCUT2D eigenvalue weighted by molar-refractivity contribution is 5.77. The molecule has 2 aromatic carbocycles. The topological polar surface area (TPSA) is 63.9 Å². The van der Waals surface area contributed by atoms with Gasteiger partial charge < -0.3 is 24.3 Å². The number of rotatable bonds is 6. The van der Waals surface area contributed by atoms with E-state index < -0.39 is 0 Å². The number of benzene rings is 2. The lowest BCUT2D eigenvalue weighted by Gasteiger charge is -2.19. The van der Waals surface area contributed by atoms with E-state index in [9.17, 15) is 0 Å². The monoisotopic (exact) mass is 365 g/mol. The van der Waals surface area contributed by atoms with Gasteiger partial charge in [0.2, 0.25) is 0 Å². The van der Waals surface area contributed by atoms with Gasteiger partial charge in [-0.25, -0.2) is 0 Å². The number of hydrogen-bond donors (Lipinski definition) is 2. The van der Waals surface area contributed by atoms with Gasteiger partial charge in [0, 0.05) is 12.1 Å². The molecule has 0 spiro atoms. The van der Waals surface area contributed by atoms with Gasteiger partial charge in [0.05, 0.1) is 13.2 Å². The maximum Gasteiger partial charge on any atom is 0.161 e. The van der Waals surface area contributed by atoms with Crippen LogP contribution in [0.5, 0.6) is 11.5 Å². The molecule has 27 heavy (non-hydrogen) atoms. The number of fused-ring (bicyclic) bond motifs is 1. The van der Waals surface area contributed by atoms with E-state index in [1.807, 2.05) is 30.3 Å². The lowest BCUT2D eigenvalue weighted by atomic mass is 9.95. The van der Waals surface area contributed by atoms with E-state index in [0.717, 1.165) is 45.3 Å². The molecule has 0 radical (unpaired) electrons. The molecule has 0 fully saturated rings. The molecule has 1 aliphatic heterocycles. The molecule has 0 unspecified atom stereocenters. The highest BCUT2D eigenvalue weighted by atomic mass is 16.6. The summed E-state index contributed by atoms with van der Waals surface area (Å²) in [7, 11) is 0. The highest BCUT2D eigenvalue weighted by Gasteiger charge is 2.15. The molecule has 140 valence electrons. The highest BCUT2D eigenvalue weighted by Crippen LogP contribution is 2.38. The molecule has 0 saturated carbocycles. The van der Waals surface area contributed by atoms with Crippen LogP contribution in [-0.4, -0.2) is 31.5 Å². The van der Waals surface area contributed by atoms with Crippen LogP contribution in [0.25, 0.3) is 22.5 Å². The third-order valence-electron chi connectivity index (χ3n) is 4.70. The van der Waals surface area contributed by atoms with Crippen LogP contribution < -0.4 is 14.8 Å². The SMILES string of the molecule is Cc1c(-c2ccc3c(c2)OCCO3)cccc1-c1ccc(CNCCO)o1. The number of aliphatic hydroxyl groups is 1. The Labute approximate surface area is 158 Å².